The Hall–Kier alpha value is -2.76. The second-order valence-electron chi connectivity index (χ2n) is 5.72. The van der Waals surface area contributed by atoms with Gasteiger partial charge in [-0.25, -0.2) is 4.79 Å². The topological polar surface area (TPSA) is 80.4 Å². The molecule has 1 aliphatic heterocycles. The molecule has 0 radical (unpaired) electrons. The van der Waals surface area contributed by atoms with Crippen LogP contribution in [0.25, 0.3) is 0 Å². The molecule has 3 rings (SSSR count). The van der Waals surface area contributed by atoms with Gasteiger partial charge in [-0.1, -0.05) is 12.1 Å². The largest absolute Gasteiger partial charge is 0.366 e. The first kappa shape index (κ1) is 15.1. The van der Waals surface area contributed by atoms with Crippen LogP contribution in [0.3, 0.4) is 0 Å². The highest BCUT2D eigenvalue weighted by molar-refractivity contribution is 5.92. The summed E-state index contributed by atoms with van der Waals surface area (Å²) in [6, 6.07) is 11.0. The number of carbonyl (C=O) groups is 2. The lowest BCUT2D eigenvalue weighted by Crippen LogP contribution is -2.45. The second-order valence-corrected chi connectivity index (χ2v) is 5.72. The standard InChI is InChI=1S/C17H20N4O2/c1-12-15-6-3-7-20(15)8-9-21(12)17(23)19-11-13-4-2-5-14(10-13)16(18)22/h2-7,10,12H,8-9,11H2,1H3,(H2,18,22)(H,19,23). The number of fused-ring (bicyclic) bond motifs is 1. The maximum absolute atomic E-state index is 12.4. The molecular formula is C17H20N4O2. The van der Waals surface area contributed by atoms with Crippen LogP contribution in [0.4, 0.5) is 4.79 Å². The van der Waals surface area contributed by atoms with E-state index >= 15 is 0 Å². The molecule has 1 unspecified atom stereocenters. The highest BCUT2D eigenvalue weighted by atomic mass is 16.2. The minimum absolute atomic E-state index is 0.0377. The Kier molecular flexibility index (Phi) is 4.06. The predicted octanol–water partition coefficient (Wildman–Crippen LogP) is 1.87. The van der Waals surface area contributed by atoms with Crippen LogP contribution < -0.4 is 11.1 Å². The number of primary amides is 1. The van der Waals surface area contributed by atoms with Crippen molar-refractivity contribution in [2.45, 2.75) is 26.1 Å². The Morgan fingerprint density at radius 2 is 2.09 bits per heavy atom. The third-order valence-electron chi connectivity index (χ3n) is 4.26. The minimum atomic E-state index is -0.469. The first-order valence-corrected chi connectivity index (χ1v) is 7.64. The van der Waals surface area contributed by atoms with Crippen LogP contribution in [-0.4, -0.2) is 28.0 Å². The first-order valence-electron chi connectivity index (χ1n) is 7.64. The number of hydrogen-bond donors (Lipinski definition) is 2. The Morgan fingerprint density at radius 3 is 2.87 bits per heavy atom. The van der Waals surface area contributed by atoms with Gasteiger partial charge in [0.05, 0.1) is 6.04 Å². The molecule has 120 valence electrons. The summed E-state index contributed by atoms with van der Waals surface area (Å²) in [6.07, 6.45) is 2.04. The summed E-state index contributed by atoms with van der Waals surface area (Å²) in [5.74, 6) is -0.469. The lowest BCUT2D eigenvalue weighted by atomic mass is 10.1. The number of benzene rings is 1. The van der Waals surface area contributed by atoms with E-state index in [-0.39, 0.29) is 12.1 Å². The minimum Gasteiger partial charge on any atom is -0.366 e. The van der Waals surface area contributed by atoms with Crippen LogP contribution in [0.1, 0.15) is 34.6 Å². The number of urea groups is 1. The van der Waals surface area contributed by atoms with Crippen LogP contribution in [0.2, 0.25) is 0 Å². The summed E-state index contributed by atoms with van der Waals surface area (Å²) in [6.45, 7) is 3.87. The zero-order valence-electron chi connectivity index (χ0n) is 13.0. The van der Waals surface area contributed by atoms with E-state index in [1.54, 1.807) is 18.2 Å². The van der Waals surface area contributed by atoms with Crippen molar-refractivity contribution in [3.63, 3.8) is 0 Å². The molecule has 6 heteroatoms. The summed E-state index contributed by atoms with van der Waals surface area (Å²) in [5.41, 5.74) is 7.71. The van der Waals surface area contributed by atoms with E-state index in [1.807, 2.05) is 36.2 Å². The van der Waals surface area contributed by atoms with Gasteiger partial charge in [0.15, 0.2) is 0 Å². The van der Waals surface area contributed by atoms with E-state index in [4.69, 9.17) is 5.73 Å². The summed E-state index contributed by atoms with van der Waals surface area (Å²) >= 11 is 0. The predicted molar refractivity (Wildman–Crippen MR) is 86.7 cm³/mol. The van der Waals surface area contributed by atoms with Gasteiger partial charge in [0.25, 0.3) is 0 Å². The quantitative estimate of drug-likeness (QED) is 0.907. The van der Waals surface area contributed by atoms with E-state index in [1.165, 1.54) is 0 Å². The molecule has 23 heavy (non-hydrogen) atoms. The maximum Gasteiger partial charge on any atom is 0.318 e. The Bertz CT molecular complexity index is 738. The molecule has 0 aliphatic carbocycles. The molecule has 0 spiro atoms. The van der Waals surface area contributed by atoms with Crippen LogP contribution in [0.5, 0.6) is 0 Å². The van der Waals surface area contributed by atoms with Crippen LogP contribution in [-0.2, 0) is 13.1 Å². The van der Waals surface area contributed by atoms with Crippen LogP contribution in [0.15, 0.2) is 42.6 Å². The fourth-order valence-electron chi connectivity index (χ4n) is 2.97. The van der Waals surface area contributed by atoms with Gasteiger partial charge in [0, 0.05) is 37.1 Å². The summed E-state index contributed by atoms with van der Waals surface area (Å²) in [4.78, 5) is 25.5. The van der Waals surface area contributed by atoms with Crippen molar-refractivity contribution >= 4 is 11.9 Å². The van der Waals surface area contributed by atoms with Gasteiger partial charge < -0.3 is 20.5 Å². The molecule has 3 amide bonds. The molecule has 1 aliphatic rings. The number of nitrogens with two attached hydrogens (primary N) is 1. The molecule has 2 aromatic rings. The fourth-order valence-corrected chi connectivity index (χ4v) is 2.97. The lowest BCUT2D eigenvalue weighted by Gasteiger charge is -2.34. The van der Waals surface area contributed by atoms with Gasteiger partial charge in [-0.05, 0) is 36.8 Å². The Morgan fingerprint density at radius 1 is 1.26 bits per heavy atom. The molecule has 1 atom stereocenters. The van der Waals surface area contributed by atoms with Crippen molar-refractivity contribution in [3.05, 3.63) is 59.4 Å². The first-order chi connectivity index (χ1) is 11.1. The zero-order valence-corrected chi connectivity index (χ0v) is 13.0. The van der Waals surface area contributed by atoms with Gasteiger partial charge in [-0.15, -0.1) is 0 Å². The molecule has 1 aromatic carbocycles. The normalized spacial score (nSPS) is 16.7. The summed E-state index contributed by atoms with van der Waals surface area (Å²) < 4.78 is 2.17. The van der Waals surface area contributed by atoms with Gasteiger partial charge in [-0.3, -0.25) is 4.79 Å². The van der Waals surface area contributed by atoms with Crippen molar-refractivity contribution < 1.29 is 9.59 Å². The van der Waals surface area contributed by atoms with Crippen molar-refractivity contribution in [1.82, 2.24) is 14.8 Å². The molecule has 2 heterocycles. The fraction of sp³-hybridized carbons (Fsp3) is 0.294. The van der Waals surface area contributed by atoms with Gasteiger partial charge in [-0.2, -0.15) is 0 Å². The maximum atomic E-state index is 12.4. The van der Waals surface area contributed by atoms with Gasteiger partial charge in [0.2, 0.25) is 5.91 Å². The monoisotopic (exact) mass is 312 g/mol. The molecule has 0 bridgehead atoms. The van der Waals surface area contributed by atoms with E-state index in [0.717, 1.165) is 17.8 Å². The van der Waals surface area contributed by atoms with Gasteiger partial charge in [0.1, 0.15) is 0 Å². The number of nitrogens with zero attached hydrogens (tertiary/aromatic N) is 2. The van der Waals surface area contributed by atoms with Gasteiger partial charge >= 0.3 is 6.03 Å². The third-order valence-corrected chi connectivity index (χ3v) is 4.26. The molecule has 0 saturated carbocycles. The van der Waals surface area contributed by atoms with Crippen molar-refractivity contribution in [2.75, 3.05) is 6.54 Å². The van der Waals surface area contributed by atoms with E-state index < -0.39 is 5.91 Å². The molecule has 0 saturated heterocycles. The molecule has 0 fully saturated rings. The second kappa shape index (κ2) is 6.16. The van der Waals surface area contributed by atoms with Crippen LogP contribution in [0, 0.1) is 0 Å². The molecule has 6 nitrogen and oxygen atoms in total. The summed E-state index contributed by atoms with van der Waals surface area (Å²) in [7, 11) is 0. The Labute approximate surface area is 134 Å². The van der Waals surface area contributed by atoms with Crippen molar-refractivity contribution in [3.8, 4) is 0 Å². The average molecular weight is 312 g/mol. The zero-order chi connectivity index (χ0) is 16.4. The van der Waals surface area contributed by atoms with E-state index in [2.05, 4.69) is 9.88 Å². The Balaban J connectivity index is 1.64. The summed E-state index contributed by atoms with van der Waals surface area (Å²) in [5, 5.41) is 2.91. The van der Waals surface area contributed by atoms with E-state index in [0.29, 0.717) is 18.7 Å². The SMILES string of the molecule is CC1c2cccn2CCN1C(=O)NCc1cccc(C(N)=O)c1. The number of carbonyl (C=O) groups excluding carboxylic acids is 2. The third kappa shape index (κ3) is 3.06. The number of rotatable bonds is 3. The van der Waals surface area contributed by atoms with Crippen molar-refractivity contribution in [2.24, 2.45) is 5.73 Å². The highest BCUT2D eigenvalue weighted by Gasteiger charge is 2.27. The molecular weight excluding hydrogens is 292 g/mol. The van der Waals surface area contributed by atoms with Crippen molar-refractivity contribution in [1.29, 1.82) is 0 Å². The number of aromatic nitrogens is 1. The molecule has 3 N–H and O–H groups in total. The average Bonchev–Trinajstić information content (AvgIpc) is 3.03. The van der Waals surface area contributed by atoms with E-state index in [9.17, 15) is 9.59 Å². The van der Waals surface area contributed by atoms with Crippen LogP contribution >= 0.6 is 0 Å². The number of amides is 3. The molecule has 1 aromatic heterocycles. The number of nitrogens with one attached hydrogen (secondary N) is 1. The highest BCUT2D eigenvalue weighted by Crippen LogP contribution is 2.25. The number of hydrogen-bond acceptors (Lipinski definition) is 2. The lowest BCUT2D eigenvalue weighted by molar-refractivity contribution is 0.1000. The smallest absolute Gasteiger partial charge is 0.318 e.